The maximum absolute atomic E-state index is 3.53. The fourth-order valence-corrected chi connectivity index (χ4v) is 0.663. The van der Waals surface area contributed by atoms with Gasteiger partial charge in [0.25, 0.3) is 0 Å². The second-order valence-electron chi connectivity index (χ2n) is 1.58. The molecule has 42 valence electrons. The van der Waals surface area contributed by atoms with Gasteiger partial charge in [-0.15, -0.1) is 0 Å². The van der Waals surface area contributed by atoms with Gasteiger partial charge in [-0.3, -0.25) is 0 Å². The van der Waals surface area contributed by atoms with E-state index in [1.807, 2.05) is 0 Å². The first-order valence-electron chi connectivity index (χ1n) is 2.52. The van der Waals surface area contributed by atoms with Gasteiger partial charge in [0.15, 0.2) is 0 Å². The molecule has 0 radical (unpaired) electrons. The average Bonchev–Trinajstić information content (AvgIpc) is 1.83. The maximum Gasteiger partial charge on any atom is -0.0184 e. The Morgan fingerprint density at radius 1 is 0.875 bits per heavy atom. The topological polar surface area (TPSA) is 0 Å². The fraction of sp³-hybridized carbons (Fsp3) is 0.143. The summed E-state index contributed by atoms with van der Waals surface area (Å²) in [5, 5.41) is 0. The minimum absolute atomic E-state index is 1.43. The molecule has 0 heterocycles. The van der Waals surface area contributed by atoms with Crippen molar-refractivity contribution in [2.45, 2.75) is 0 Å². The summed E-state index contributed by atoms with van der Waals surface area (Å²) >= 11 is 3.53. The van der Waals surface area contributed by atoms with E-state index in [-0.39, 0.29) is 0 Å². The minimum Gasteiger partial charge on any atom is -0.183 e. The zero-order chi connectivity index (χ0) is 5.98. The van der Waals surface area contributed by atoms with Crippen LogP contribution < -0.4 is 0 Å². The summed E-state index contributed by atoms with van der Waals surface area (Å²) in [4.78, 5) is 0. The molecule has 0 bridgehead atoms. The summed E-state index contributed by atoms with van der Waals surface area (Å²) in [6.45, 7) is 0. The van der Waals surface area contributed by atoms with Crippen molar-refractivity contribution >= 4 is 12.6 Å². The van der Waals surface area contributed by atoms with E-state index in [4.69, 9.17) is 0 Å². The highest BCUT2D eigenvalue weighted by molar-refractivity contribution is 7.79. The van der Waals surface area contributed by atoms with E-state index >= 15 is 0 Å². The number of thiol groups is 1. The molecule has 0 N–H and O–H groups in total. The van der Waals surface area contributed by atoms with Gasteiger partial charge < -0.3 is 0 Å². The number of hydrogen-bond acceptors (Lipinski definition) is 1. The Hall–Kier alpha value is -0.430. The summed E-state index contributed by atoms with van der Waals surface area (Å²) in [5.74, 6) is 0. The molecule has 0 aromatic heterocycles. The Morgan fingerprint density at radius 2 is 1.12 bits per heavy atom. The number of benzene rings is 1. The molecule has 0 spiro atoms. The predicted octanol–water partition coefficient (Wildman–Crippen LogP) is 2.21. The number of hydrogen-bond donors (Lipinski definition) is 1. The SMILES string of the molecule is CS.c1cc2ccc1-2. The van der Waals surface area contributed by atoms with Crippen LogP contribution in [0.15, 0.2) is 24.3 Å². The highest BCUT2D eigenvalue weighted by atomic mass is 32.1. The lowest BCUT2D eigenvalue weighted by atomic mass is 9.95. The largest absolute Gasteiger partial charge is 0.183 e. The van der Waals surface area contributed by atoms with Crippen molar-refractivity contribution in [3.05, 3.63) is 24.3 Å². The highest BCUT2D eigenvalue weighted by Gasteiger charge is 2.03. The monoisotopic (exact) mass is 124 g/mol. The Labute approximate surface area is 55.0 Å². The molecule has 0 aromatic rings. The third-order valence-corrected chi connectivity index (χ3v) is 1.22. The quantitative estimate of drug-likeness (QED) is 0.511. The molecule has 0 unspecified atom stereocenters. The van der Waals surface area contributed by atoms with Crippen LogP contribution >= 0.6 is 12.6 Å². The van der Waals surface area contributed by atoms with Crippen molar-refractivity contribution in [2.75, 3.05) is 6.26 Å². The van der Waals surface area contributed by atoms with Crippen LogP contribution in [0, 0.1) is 0 Å². The highest BCUT2D eigenvalue weighted by Crippen LogP contribution is 2.29. The summed E-state index contributed by atoms with van der Waals surface area (Å²) in [5.41, 5.74) is 2.85. The van der Waals surface area contributed by atoms with E-state index in [2.05, 4.69) is 36.9 Å². The van der Waals surface area contributed by atoms with Crippen molar-refractivity contribution < 1.29 is 0 Å². The van der Waals surface area contributed by atoms with Gasteiger partial charge in [-0.1, -0.05) is 24.3 Å². The average molecular weight is 124 g/mol. The van der Waals surface area contributed by atoms with Gasteiger partial charge in [-0.25, -0.2) is 0 Å². The van der Waals surface area contributed by atoms with E-state index < -0.39 is 0 Å². The number of rotatable bonds is 0. The second-order valence-corrected chi connectivity index (χ2v) is 1.58. The standard InChI is InChI=1S/C6H4.CH4S/c1-2-6-4-3-5(1)6;1-2/h1-4H;2H,1H3. The first-order chi connectivity index (χ1) is 3.97. The first kappa shape index (κ1) is 5.70. The van der Waals surface area contributed by atoms with Crippen LogP contribution in [0.2, 0.25) is 0 Å². The molecule has 0 atom stereocenters. The van der Waals surface area contributed by atoms with Crippen molar-refractivity contribution in [2.24, 2.45) is 0 Å². The van der Waals surface area contributed by atoms with Crippen LogP contribution in [0.25, 0.3) is 11.1 Å². The smallest absolute Gasteiger partial charge is 0.0184 e. The summed E-state index contributed by atoms with van der Waals surface area (Å²) in [7, 11) is 0. The lowest BCUT2D eigenvalue weighted by Gasteiger charge is -2.10. The van der Waals surface area contributed by atoms with Gasteiger partial charge in [0, 0.05) is 0 Å². The van der Waals surface area contributed by atoms with Gasteiger partial charge in [0.1, 0.15) is 0 Å². The predicted molar refractivity (Wildman–Crippen MR) is 40.3 cm³/mol. The van der Waals surface area contributed by atoms with Crippen molar-refractivity contribution in [1.82, 2.24) is 0 Å². The number of fused-ring (bicyclic) bond motifs is 1. The normalized spacial score (nSPS) is 9.25. The van der Waals surface area contributed by atoms with Crippen LogP contribution in [0.3, 0.4) is 0 Å². The molecule has 0 saturated heterocycles. The van der Waals surface area contributed by atoms with Crippen LogP contribution in [-0.2, 0) is 0 Å². The molecule has 0 fully saturated rings. The summed E-state index contributed by atoms with van der Waals surface area (Å²) < 4.78 is 0. The second kappa shape index (κ2) is 2.23. The third-order valence-electron chi connectivity index (χ3n) is 1.22. The summed E-state index contributed by atoms with van der Waals surface area (Å²) in [6.07, 6.45) is 1.69. The van der Waals surface area contributed by atoms with Gasteiger partial charge in [0.2, 0.25) is 0 Å². The Morgan fingerprint density at radius 3 is 1.12 bits per heavy atom. The molecule has 2 aliphatic rings. The first-order valence-corrected chi connectivity index (χ1v) is 3.41. The Balaban J connectivity index is 0.000000147. The zero-order valence-corrected chi connectivity index (χ0v) is 5.65. The van der Waals surface area contributed by atoms with Crippen molar-refractivity contribution in [3.63, 3.8) is 0 Å². The molecule has 2 aliphatic carbocycles. The van der Waals surface area contributed by atoms with Crippen molar-refractivity contribution in [3.8, 4) is 11.1 Å². The van der Waals surface area contributed by atoms with E-state index in [1.54, 1.807) is 6.26 Å². The molecule has 0 aliphatic heterocycles. The lowest BCUT2D eigenvalue weighted by molar-refractivity contribution is 1.55. The Kier molecular flexibility index (Phi) is 1.59. The fourth-order valence-electron chi connectivity index (χ4n) is 0.663. The van der Waals surface area contributed by atoms with Gasteiger partial charge >= 0.3 is 0 Å². The van der Waals surface area contributed by atoms with Crippen molar-refractivity contribution in [1.29, 1.82) is 0 Å². The molecule has 0 amide bonds. The lowest BCUT2D eigenvalue weighted by Crippen LogP contribution is -1.85. The van der Waals surface area contributed by atoms with Gasteiger partial charge in [0.05, 0.1) is 0 Å². The van der Waals surface area contributed by atoms with Crippen LogP contribution in [0.1, 0.15) is 0 Å². The van der Waals surface area contributed by atoms with E-state index in [1.165, 1.54) is 11.1 Å². The third kappa shape index (κ3) is 0.632. The Bertz CT molecular complexity index is 143. The zero-order valence-electron chi connectivity index (χ0n) is 4.76. The summed E-state index contributed by atoms with van der Waals surface area (Å²) in [6, 6.07) is 8.48. The van der Waals surface area contributed by atoms with E-state index in [0.717, 1.165) is 0 Å². The molecule has 0 saturated carbocycles. The molecule has 0 aromatic carbocycles. The molecule has 2 rings (SSSR count). The molecule has 1 heteroatoms. The van der Waals surface area contributed by atoms with E-state index in [0.29, 0.717) is 0 Å². The van der Waals surface area contributed by atoms with Crippen LogP contribution in [0.5, 0.6) is 0 Å². The van der Waals surface area contributed by atoms with E-state index in [9.17, 15) is 0 Å². The molecular weight excluding hydrogens is 116 g/mol. The maximum atomic E-state index is 3.53. The minimum atomic E-state index is 1.43. The molecule has 8 heavy (non-hydrogen) atoms. The molecular formula is C7H8S. The van der Waals surface area contributed by atoms with Gasteiger partial charge in [-0.05, 0) is 17.4 Å². The molecule has 0 nitrogen and oxygen atoms in total. The van der Waals surface area contributed by atoms with Crippen LogP contribution in [-0.4, -0.2) is 6.26 Å². The van der Waals surface area contributed by atoms with Crippen LogP contribution in [0.4, 0.5) is 0 Å². The van der Waals surface area contributed by atoms with Gasteiger partial charge in [-0.2, -0.15) is 12.6 Å².